The second-order valence-corrected chi connectivity index (χ2v) is 18.2. The zero-order valence-corrected chi connectivity index (χ0v) is 38.8. The molecular weight excluding hydrogens is 694 g/mol. The lowest BCUT2D eigenvalue weighted by Gasteiger charge is -2.22. The van der Waals surface area contributed by atoms with E-state index in [-0.39, 0.29) is 0 Å². The molecular formula is C50H102NO3P. The summed E-state index contributed by atoms with van der Waals surface area (Å²) in [6.45, 7) is 9.12. The van der Waals surface area contributed by atoms with Gasteiger partial charge in [0.05, 0.1) is 6.61 Å². The minimum Gasteiger partial charge on any atom is -0.328 e. The summed E-state index contributed by atoms with van der Waals surface area (Å²) in [7, 11) is -2.17. The van der Waals surface area contributed by atoms with Crippen molar-refractivity contribution in [2.24, 2.45) is 0 Å². The molecule has 0 saturated heterocycles. The second-order valence-electron chi connectivity index (χ2n) is 17.4. The molecule has 0 unspecified atom stereocenters. The van der Waals surface area contributed by atoms with Crippen LogP contribution in [0.2, 0.25) is 0 Å². The van der Waals surface area contributed by atoms with Crippen molar-refractivity contribution in [3.05, 3.63) is 12.2 Å². The highest BCUT2D eigenvalue weighted by molar-refractivity contribution is 7.39. The van der Waals surface area contributed by atoms with Gasteiger partial charge in [0.2, 0.25) is 0 Å². The van der Waals surface area contributed by atoms with Crippen molar-refractivity contribution < 1.29 is 14.3 Å². The van der Waals surface area contributed by atoms with Gasteiger partial charge in [0.25, 0.3) is 0 Å². The predicted molar refractivity (Wildman–Crippen MR) is 248 cm³/mol. The normalized spacial score (nSPS) is 12.0. The van der Waals surface area contributed by atoms with Gasteiger partial charge in [0.1, 0.15) is 0 Å². The molecule has 4 nitrogen and oxygen atoms in total. The zero-order valence-electron chi connectivity index (χ0n) is 37.9. The van der Waals surface area contributed by atoms with E-state index < -0.39 is 8.60 Å². The van der Waals surface area contributed by atoms with Gasteiger partial charge in [-0.05, 0) is 71.0 Å². The Morgan fingerprint density at radius 2 is 0.564 bits per heavy atom. The van der Waals surface area contributed by atoms with Gasteiger partial charge in [-0.3, -0.25) is 0 Å². The molecule has 55 heavy (non-hydrogen) atoms. The Kier molecular flexibility index (Phi) is 50.2. The SMILES string of the molecule is CCCCCCCCCCCCCCCCN(CCCCCCCC/C=C\CCCCCCCCOP(O)O)CCCCCCCCCCCCCCCC. The molecule has 0 fully saturated rings. The summed E-state index contributed by atoms with van der Waals surface area (Å²) in [4.78, 5) is 20.3. The summed E-state index contributed by atoms with van der Waals surface area (Å²) in [6.07, 6.45) is 63.5. The van der Waals surface area contributed by atoms with E-state index in [2.05, 4.69) is 30.9 Å². The average molecular weight is 796 g/mol. The van der Waals surface area contributed by atoms with Crippen LogP contribution in [0.5, 0.6) is 0 Å². The highest BCUT2D eigenvalue weighted by Crippen LogP contribution is 2.24. The van der Waals surface area contributed by atoms with Crippen molar-refractivity contribution in [1.82, 2.24) is 4.90 Å². The van der Waals surface area contributed by atoms with Crippen LogP contribution in [0, 0.1) is 0 Å². The first-order valence-corrected chi connectivity index (χ1v) is 26.5. The van der Waals surface area contributed by atoms with E-state index in [1.807, 2.05) is 0 Å². The molecule has 5 heteroatoms. The Bertz CT molecular complexity index is 673. The van der Waals surface area contributed by atoms with Crippen molar-refractivity contribution >= 4 is 8.60 Å². The third kappa shape index (κ3) is 50.1. The molecule has 0 rings (SSSR count). The second kappa shape index (κ2) is 50.2. The monoisotopic (exact) mass is 796 g/mol. The fraction of sp³-hybridized carbons (Fsp3) is 0.960. The third-order valence-electron chi connectivity index (χ3n) is 11.9. The number of hydrogen-bond acceptors (Lipinski definition) is 4. The standard InChI is InChI=1S/C50H102NO3P/c1-3-5-7-9-11-13-15-17-23-27-31-35-39-43-47-51(48-44-40-36-32-28-24-18-16-14-12-10-8-6-4-2)49-45-41-37-33-29-25-21-19-20-22-26-30-34-38-42-46-50-54-55(52)53/h19-20,52-53H,3-18,21-50H2,1-2H3/b20-19-. The highest BCUT2D eigenvalue weighted by Gasteiger charge is 2.06. The van der Waals surface area contributed by atoms with Crippen LogP contribution >= 0.6 is 8.60 Å². The van der Waals surface area contributed by atoms with Gasteiger partial charge >= 0.3 is 8.60 Å². The molecule has 0 aromatic heterocycles. The topological polar surface area (TPSA) is 52.9 Å². The maximum atomic E-state index is 8.74. The van der Waals surface area contributed by atoms with Gasteiger partial charge in [-0.2, -0.15) is 0 Å². The largest absolute Gasteiger partial charge is 0.328 e. The van der Waals surface area contributed by atoms with Crippen molar-refractivity contribution in [3.8, 4) is 0 Å². The average Bonchev–Trinajstić information content (AvgIpc) is 3.18. The molecule has 0 atom stereocenters. The number of hydrogen-bond donors (Lipinski definition) is 2. The van der Waals surface area contributed by atoms with Gasteiger partial charge in [-0.25, -0.2) is 0 Å². The molecule has 0 bridgehead atoms. The fourth-order valence-corrected chi connectivity index (χ4v) is 8.45. The molecule has 0 aliphatic heterocycles. The van der Waals surface area contributed by atoms with E-state index in [1.54, 1.807) is 0 Å². The summed E-state index contributed by atoms with van der Waals surface area (Å²) in [5.74, 6) is 0. The first-order chi connectivity index (χ1) is 27.2. The summed E-state index contributed by atoms with van der Waals surface area (Å²) >= 11 is 0. The van der Waals surface area contributed by atoms with Crippen molar-refractivity contribution in [1.29, 1.82) is 0 Å². The van der Waals surface area contributed by atoms with Crippen LogP contribution in [-0.4, -0.2) is 40.9 Å². The van der Waals surface area contributed by atoms with E-state index in [0.717, 1.165) is 12.8 Å². The molecule has 0 aromatic carbocycles. The molecule has 0 amide bonds. The minimum absolute atomic E-state index is 0.471. The highest BCUT2D eigenvalue weighted by atomic mass is 31.2. The summed E-state index contributed by atoms with van der Waals surface area (Å²) in [5.41, 5.74) is 0. The number of unbranched alkanes of at least 4 members (excludes halogenated alkanes) is 38. The van der Waals surface area contributed by atoms with E-state index >= 15 is 0 Å². The van der Waals surface area contributed by atoms with Crippen molar-refractivity contribution in [2.45, 2.75) is 284 Å². The van der Waals surface area contributed by atoms with Crippen LogP contribution in [0.3, 0.4) is 0 Å². The summed E-state index contributed by atoms with van der Waals surface area (Å²) in [6, 6.07) is 0. The lowest BCUT2D eigenvalue weighted by atomic mass is 10.0. The van der Waals surface area contributed by atoms with Gasteiger partial charge < -0.3 is 19.2 Å². The van der Waals surface area contributed by atoms with Gasteiger partial charge in [-0.15, -0.1) is 0 Å². The van der Waals surface area contributed by atoms with Crippen LogP contribution in [-0.2, 0) is 4.52 Å². The van der Waals surface area contributed by atoms with E-state index in [9.17, 15) is 0 Å². The number of rotatable bonds is 49. The summed E-state index contributed by atoms with van der Waals surface area (Å²) in [5, 5.41) is 0. The predicted octanol–water partition coefficient (Wildman–Crippen LogP) is 17.5. The summed E-state index contributed by atoms with van der Waals surface area (Å²) < 4.78 is 4.82. The Labute approximate surface area is 348 Å². The zero-order chi connectivity index (χ0) is 39.8. The molecule has 0 spiro atoms. The molecule has 2 N–H and O–H groups in total. The van der Waals surface area contributed by atoms with Crippen LogP contribution in [0.25, 0.3) is 0 Å². The molecule has 0 aromatic rings. The molecule has 330 valence electrons. The fourth-order valence-electron chi connectivity index (χ4n) is 8.15. The van der Waals surface area contributed by atoms with Gasteiger partial charge in [0, 0.05) is 0 Å². The maximum Gasteiger partial charge on any atom is 0.327 e. The molecule has 0 saturated carbocycles. The number of allylic oxidation sites excluding steroid dienone is 2. The van der Waals surface area contributed by atoms with Gasteiger partial charge in [-0.1, -0.05) is 244 Å². The van der Waals surface area contributed by atoms with Crippen LogP contribution < -0.4 is 0 Å². The van der Waals surface area contributed by atoms with E-state index in [0.29, 0.717) is 6.61 Å². The Morgan fingerprint density at radius 3 is 0.836 bits per heavy atom. The van der Waals surface area contributed by atoms with Crippen molar-refractivity contribution in [2.75, 3.05) is 26.2 Å². The van der Waals surface area contributed by atoms with E-state index in [1.165, 1.54) is 276 Å². The van der Waals surface area contributed by atoms with Crippen LogP contribution in [0.15, 0.2) is 12.2 Å². The van der Waals surface area contributed by atoms with Crippen molar-refractivity contribution in [3.63, 3.8) is 0 Å². The molecule has 0 aliphatic carbocycles. The smallest absolute Gasteiger partial charge is 0.327 e. The van der Waals surface area contributed by atoms with Crippen LogP contribution in [0.1, 0.15) is 284 Å². The Balaban J connectivity index is 3.96. The molecule has 0 aliphatic rings. The molecule has 0 heterocycles. The Morgan fingerprint density at radius 1 is 0.327 bits per heavy atom. The first kappa shape index (κ1) is 55.0. The van der Waals surface area contributed by atoms with E-state index in [4.69, 9.17) is 14.3 Å². The maximum absolute atomic E-state index is 8.74. The lowest BCUT2D eigenvalue weighted by molar-refractivity contribution is 0.248. The minimum atomic E-state index is -2.17. The third-order valence-corrected chi connectivity index (χ3v) is 12.3. The number of nitrogens with zero attached hydrogens (tertiary/aromatic N) is 1. The lowest BCUT2D eigenvalue weighted by Crippen LogP contribution is -2.27. The molecule has 0 radical (unpaired) electrons. The quantitative estimate of drug-likeness (QED) is 0.0366. The first-order valence-electron chi connectivity index (χ1n) is 25.4. The Hall–Kier alpha value is 0.01000. The van der Waals surface area contributed by atoms with Gasteiger partial charge in [0.15, 0.2) is 0 Å². The van der Waals surface area contributed by atoms with Crippen LogP contribution in [0.4, 0.5) is 0 Å².